The maximum Gasteiger partial charge on any atom is 0.334 e. The predicted molar refractivity (Wildman–Crippen MR) is 110 cm³/mol. The molecule has 0 radical (unpaired) electrons. The third kappa shape index (κ3) is 3.51. The molecule has 1 aliphatic rings. The SMILES string of the molecule is CC(C)C[C@@H](C(=O)Oc1ccc2ccccc2c1)N1C(=O)c2ccccc2C1=O. The summed E-state index contributed by atoms with van der Waals surface area (Å²) in [7, 11) is 0. The summed E-state index contributed by atoms with van der Waals surface area (Å²) in [5.41, 5.74) is 0.648. The maximum absolute atomic E-state index is 13.0. The number of carbonyl (C=O) groups is 3. The van der Waals surface area contributed by atoms with Crippen LogP contribution in [0.5, 0.6) is 5.75 Å². The summed E-state index contributed by atoms with van der Waals surface area (Å²) in [6, 6.07) is 18.8. The van der Waals surface area contributed by atoms with Gasteiger partial charge in [0.1, 0.15) is 11.8 Å². The molecule has 4 rings (SSSR count). The minimum absolute atomic E-state index is 0.0912. The van der Waals surface area contributed by atoms with Gasteiger partial charge in [0.25, 0.3) is 11.8 Å². The molecule has 146 valence electrons. The molecule has 0 saturated carbocycles. The number of hydrogen-bond acceptors (Lipinski definition) is 4. The van der Waals surface area contributed by atoms with E-state index in [-0.39, 0.29) is 5.92 Å². The second-order valence-corrected chi connectivity index (χ2v) is 7.60. The summed E-state index contributed by atoms with van der Waals surface area (Å²) in [6.07, 6.45) is 0.331. The molecule has 0 aromatic heterocycles. The van der Waals surface area contributed by atoms with E-state index in [0.29, 0.717) is 23.3 Å². The lowest BCUT2D eigenvalue weighted by atomic mass is 10.0. The first-order valence-corrected chi connectivity index (χ1v) is 9.63. The first kappa shape index (κ1) is 18.9. The lowest BCUT2D eigenvalue weighted by Gasteiger charge is -2.26. The lowest BCUT2D eigenvalue weighted by Crippen LogP contribution is -2.47. The third-order valence-electron chi connectivity index (χ3n) is 5.04. The van der Waals surface area contributed by atoms with E-state index in [1.165, 1.54) is 0 Å². The normalized spacial score (nSPS) is 14.4. The molecule has 1 heterocycles. The van der Waals surface area contributed by atoms with Crippen LogP contribution in [-0.2, 0) is 4.79 Å². The molecule has 0 spiro atoms. The van der Waals surface area contributed by atoms with E-state index in [9.17, 15) is 14.4 Å². The smallest absolute Gasteiger partial charge is 0.334 e. The molecule has 1 aliphatic heterocycles. The molecule has 0 N–H and O–H groups in total. The molecule has 5 heteroatoms. The predicted octanol–water partition coefficient (Wildman–Crippen LogP) is 4.46. The van der Waals surface area contributed by atoms with Crippen LogP contribution in [0, 0.1) is 5.92 Å². The van der Waals surface area contributed by atoms with Gasteiger partial charge in [-0.2, -0.15) is 0 Å². The quantitative estimate of drug-likeness (QED) is 0.368. The molecule has 0 unspecified atom stereocenters. The van der Waals surface area contributed by atoms with Crippen molar-refractivity contribution < 1.29 is 19.1 Å². The minimum atomic E-state index is -0.978. The molecule has 3 aromatic carbocycles. The molecule has 0 fully saturated rings. The van der Waals surface area contributed by atoms with Crippen LogP contribution in [0.25, 0.3) is 10.8 Å². The van der Waals surface area contributed by atoms with Gasteiger partial charge in [0.2, 0.25) is 0 Å². The molecular formula is C24H21NO4. The van der Waals surface area contributed by atoms with Crippen LogP contribution in [0.4, 0.5) is 0 Å². The molecule has 0 aliphatic carbocycles. The van der Waals surface area contributed by atoms with E-state index >= 15 is 0 Å². The van der Waals surface area contributed by atoms with Crippen molar-refractivity contribution in [3.8, 4) is 5.75 Å². The van der Waals surface area contributed by atoms with Crippen molar-refractivity contribution in [2.75, 3.05) is 0 Å². The number of ether oxygens (including phenoxy) is 1. The zero-order chi connectivity index (χ0) is 20.5. The number of fused-ring (bicyclic) bond motifs is 2. The summed E-state index contributed by atoms with van der Waals surface area (Å²) in [4.78, 5) is 39.8. The van der Waals surface area contributed by atoms with E-state index in [2.05, 4.69) is 0 Å². The number of nitrogens with zero attached hydrogens (tertiary/aromatic N) is 1. The Bertz CT molecular complexity index is 1080. The fraction of sp³-hybridized carbons (Fsp3) is 0.208. The van der Waals surface area contributed by atoms with Gasteiger partial charge < -0.3 is 4.74 Å². The van der Waals surface area contributed by atoms with Crippen LogP contribution in [-0.4, -0.2) is 28.7 Å². The average molecular weight is 387 g/mol. The van der Waals surface area contributed by atoms with Gasteiger partial charge in [-0.15, -0.1) is 0 Å². The van der Waals surface area contributed by atoms with Crippen molar-refractivity contribution in [1.29, 1.82) is 0 Å². The van der Waals surface area contributed by atoms with Crippen molar-refractivity contribution in [1.82, 2.24) is 4.90 Å². The van der Waals surface area contributed by atoms with Crippen LogP contribution < -0.4 is 4.74 Å². The van der Waals surface area contributed by atoms with Gasteiger partial charge in [0.15, 0.2) is 0 Å². The van der Waals surface area contributed by atoms with Crippen molar-refractivity contribution in [2.24, 2.45) is 5.92 Å². The van der Waals surface area contributed by atoms with Crippen LogP contribution in [0.1, 0.15) is 41.0 Å². The van der Waals surface area contributed by atoms with E-state index in [1.54, 1.807) is 36.4 Å². The molecule has 2 amide bonds. The first-order chi connectivity index (χ1) is 14.0. The molecular weight excluding hydrogens is 366 g/mol. The van der Waals surface area contributed by atoms with Crippen LogP contribution in [0.3, 0.4) is 0 Å². The number of rotatable bonds is 5. The number of benzene rings is 3. The Morgan fingerprint density at radius 1 is 0.862 bits per heavy atom. The second-order valence-electron chi connectivity index (χ2n) is 7.60. The first-order valence-electron chi connectivity index (χ1n) is 9.63. The highest BCUT2D eigenvalue weighted by atomic mass is 16.5. The van der Waals surface area contributed by atoms with Gasteiger partial charge in [-0.3, -0.25) is 14.5 Å². The zero-order valence-corrected chi connectivity index (χ0v) is 16.3. The fourth-order valence-corrected chi connectivity index (χ4v) is 3.66. The highest BCUT2D eigenvalue weighted by Gasteiger charge is 2.43. The molecule has 0 bridgehead atoms. The average Bonchev–Trinajstić information content (AvgIpc) is 2.96. The number of imide groups is 1. The number of esters is 1. The van der Waals surface area contributed by atoms with Crippen molar-refractivity contribution in [2.45, 2.75) is 26.3 Å². The summed E-state index contributed by atoms with van der Waals surface area (Å²) in [5.74, 6) is -1.03. The Morgan fingerprint density at radius 2 is 1.45 bits per heavy atom. The van der Waals surface area contributed by atoms with Crippen LogP contribution in [0.2, 0.25) is 0 Å². The van der Waals surface area contributed by atoms with Gasteiger partial charge in [-0.1, -0.05) is 56.3 Å². The monoisotopic (exact) mass is 387 g/mol. The van der Waals surface area contributed by atoms with Crippen LogP contribution >= 0.6 is 0 Å². The maximum atomic E-state index is 13.0. The third-order valence-corrected chi connectivity index (χ3v) is 5.04. The van der Waals surface area contributed by atoms with Gasteiger partial charge >= 0.3 is 5.97 Å². The standard InChI is InChI=1S/C24H21NO4/c1-15(2)13-21(25-22(26)19-9-5-6-10-20(19)23(25)27)24(28)29-18-12-11-16-7-3-4-8-17(16)14-18/h3-12,14-15,21H,13H2,1-2H3/t21-/m0/s1. The number of hydrogen-bond donors (Lipinski definition) is 0. The molecule has 3 aromatic rings. The van der Waals surface area contributed by atoms with E-state index in [1.807, 2.05) is 44.2 Å². The highest BCUT2D eigenvalue weighted by Crippen LogP contribution is 2.28. The van der Waals surface area contributed by atoms with Gasteiger partial charge in [0.05, 0.1) is 11.1 Å². The summed E-state index contributed by atoms with van der Waals surface area (Å²) in [6.45, 7) is 3.88. The van der Waals surface area contributed by atoms with Crippen molar-refractivity contribution >= 4 is 28.6 Å². The summed E-state index contributed by atoms with van der Waals surface area (Å²) in [5, 5.41) is 1.98. The highest BCUT2D eigenvalue weighted by molar-refractivity contribution is 6.22. The van der Waals surface area contributed by atoms with Gasteiger partial charge in [-0.05, 0) is 47.4 Å². The molecule has 29 heavy (non-hydrogen) atoms. The number of carbonyl (C=O) groups excluding carboxylic acids is 3. The molecule has 5 nitrogen and oxygen atoms in total. The topological polar surface area (TPSA) is 63.7 Å². The van der Waals surface area contributed by atoms with E-state index < -0.39 is 23.8 Å². The van der Waals surface area contributed by atoms with Crippen molar-refractivity contribution in [3.05, 3.63) is 77.9 Å². The van der Waals surface area contributed by atoms with E-state index in [0.717, 1.165) is 15.7 Å². The van der Waals surface area contributed by atoms with Crippen molar-refractivity contribution in [3.63, 3.8) is 0 Å². The molecule has 0 saturated heterocycles. The Labute approximate surface area is 168 Å². The Kier molecular flexibility index (Phi) is 4.89. The van der Waals surface area contributed by atoms with Gasteiger partial charge in [-0.25, -0.2) is 4.79 Å². The Morgan fingerprint density at radius 3 is 2.07 bits per heavy atom. The largest absolute Gasteiger partial charge is 0.425 e. The number of amides is 2. The summed E-state index contributed by atoms with van der Waals surface area (Å²) < 4.78 is 5.61. The second kappa shape index (κ2) is 7.51. The van der Waals surface area contributed by atoms with E-state index in [4.69, 9.17) is 4.74 Å². The van der Waals surface area contributed by atoms with Crippen LogP contribution in [0.15, 0.2) is 66.7 Å². The lowest BCUT2D eigenvalue weighted by molar-refractivity contribution is -0.139. The summed E-state index contributed by atoms with van der Waals surface area (Å²) >= 11 is 0. The Hall–Kier alpha value is -3.47. The molecule has 1 atom stereocenters. The van der Waals surface area contributed by atoms with Gasteiger partial charge in [0, 0.05) is 0 Å². The minimum Gasteiger partial charge on any atom is -0.425 e. The Balaban J connectivity index is 1.63. The zero-order valence-electron chi connectivity index (χ0n) is 16.3. The fourth-order valence-electron chi connectivity index (χ4n) is 3.66.